The summed E-state index contributed by atoms with van der Waals surface area (Å²) in [5.74, 6) is 1.82. The second-order valence-electron chi connectivity index (χ2n) is 10.8. The summed E-state index contributed by atoms with van der Waals surface area (Å²) in [6.07, 6.45) is 5.02. The van der Waals surface area contributed by atoms with Crippen molar-refractivity contribution in [1.29, 1.82) is 0 Å². The Bertz CT molecular complexity index is 2130. The van der Waals surface area contributed by atoms with Crippen molar-refractivity contribution >= 4 is 21.8 Å². The summed E-state index contributed by atoms with van der Waals surface area (Å²) < 4.78 is 18.6. The molecule has 0 saturated heterocycles. The van der Waals surface area contributed by atoms with Gasteiger partial charge in [0.15, 0.2) is 0 Å². The van der Waals surface area contributed by atoms with Gasteiger partial charge in [-0.3, -0.25) is 4.68 Å². The van der Waals surface area contributed by atoms with Crippen LogP contribution in [-0.4, -0.2) is 19.3 Å². The van der Waals surface area contributed by atoms with Gasteiger partial charge in [-0.25, -0.2) is 4.98 Å². The molecule has 0 amide bonds. The van der Waals surface area contributed by atoms with Gasteiger partial charge in [-0.1, -0.05) is 67.4 Å². The first-order valence-electron chi connectivity index (χ1n) is 15.2. The van der Waals surface area contributed by atoms with Crippen LogP contribution in [0.25, 0.3) is 44.4 Å². The third-order valence-corrected chi connectivity index (χ3v) is 7.91. The van der Waals surface area contributed by atoms with Crippen LogP contribution in [0.15, 0.2) is 103 Å². The van der Waals surface area contributed by atoms with Crippen LogP contribution >= 0.6 is 0 Å². The van der Waals surface area contributed by atoms with Crippen LogP contribution < -0.4 is 4.74 Å². The molecule has 0 fully saturated rings. The molecule has 7 rings (SSSR count). The predicted molar refractivity (Wildman–Crippen MR) is 173 cm³/mol. The third kappa shape index (κ3) is 5.49. The fraction of sp³-hybridized carbons (Fsp3) is 0.158. The van der Waals surface area contributed by atoms with E-state index in [9.17, 15) is 0 Å². The molecule has 0 aliphatic rings. The van der Waals surface area contributed by atoms with Gasteiger partial charge in [0.2, 0.25) is 0 Å². The first-order valence-corrected chi connectivity index (χ1v) is 14.7. The van der Waals surface area contributed by atoms with Gasteiger partial charge in [0, 0.05) is 34.5 Å². The van der Waals surface area contributed by atoms with Crippen molar-refractivity contribution in [2.75, 3.05) is 0 Å². The average molecular weight is 757 g/mol. The molecule has 4 aromatic carbocycles. The minimum Gasteiger partial charge on any atom is -0.509 e. The summed E-state index contributed by atoms with van der Waals surface area (Å²) in [4.78, 5) is 4.62. The average Bonchev–Trinajstić information content (AvgIpc) is 3.52. The number of nitrogens with zero attached hydrogens (tertiary/aromatic N) is 4. The Morgan fingerprint density at radius 2 is 1.70 bits per heavy atom. The summed E-state index contributed by atoms with van der Waals surface area (Å²) in [6.45, 7) is 6.33. The van der Waals surface area contributed by atoms with Crippen LogP contribution in [-0.2, 0) is 27.5 Å². The summed E-state index contributed by atoms with van der Waals surface area (Å²) in [6, 6.07) is 37.6. The van der Waals surface area contributed by atoms with Gasteiger partial charge in [0.05, 0.1) is 7.06 Å². The van der Waals surface area contributed by atoms with Crippen LogP contribution in [0.5, 0.6) is 11.5 Å². The number of fused-ring (bicyclic) bond motifs is 3. The summed E-state index contributed by atoms with van der Waals surface area (Å²) in [5.41, 5.74) is 8.26. The maximum Gasteiger partial charge on any atom is 2.00 e. The molecule has 0 unspecified atom stereocenters. The van der Waals surface area contributed by atoms with Gasteiger partial charge in [-0.05, 0) is 67.1 Å². The molecular formula is C38H32N4OPt. The van der Waals surface area contributed by atoms with Crippen molar-refractivity contribution in [2.24, 2.45) is 0 Å². The van der Waals surface area contributed by atoms with E-state index in [1.807, 2.05) is 54.1 Å². The van der Waals surface area contributed by atoms with Crippen molar-refractivity contribution in [1.82, 2.24) is 19.3 Å². The molecule has 220 valence electrons. The molecule has 7 aromatic rings. The van der Waals surface area contributed by atoms with Crippen molar-refractivity contribution < 1.29 is 27.2 Å². The van der Waals surface area contributed by atoms with Crippen molar-refractivity contribution in [2.45, 2.75) is 40.0 Å². The standard InChI is InChI=1S/C38H32N4O.Pt/c1-4-5-12-28-18-21-35-34(23-28)33-20-19-32(25-36(33)41(35)37-17-9-10-22-39-37)43-31-16-11-15-30(24-31)42-27(3)38(26(2)40-42)29-13-7-6-8-14-29;/h6-11,13-23H,4-5,12H2,1-3H3;/q-2;+2/i9D;. The van der Waals surface area contributed by atoms with Gasteiger partial charge >= 0.3 is 21.1 Å². The largest absolute Gasteiger partial charge is 2.00 e. The molecule has 44 heavy (non-hydrogen) atoms. The number of aromatic nitrogens is 4. The zero-order valence-corrected chi connectivity index (χ0v) is 27.1. The topological polar surface area (TPSA) is 44.9 Å². The molecule has 6 heteroatoms. The van der Waals surface area contributed by atoms with Crippen LogP contribution in [0.4, 0.5) is 0 Å². The molecule has 0 N–H and O–H groups in total. The number of rotatable bonds is 8. The number of aryl methyl sites for hydroxylation is 2. The number of benzene rings is 4. The molecule has 3 aromatic heterocycles. The SMILES string of the molecule is [2H]c1ccnc(-n2c3[c-]c(Oc4[c-]c(-n5nc(C)c(-c6ccccc6)c5C)ccc4)ccc3c3cc(CCCC)ccc32)c1.[Pt+2]. The Balaban J connectivity index is 0.00000357. The molecule has 0 aliphatic carbocycles. The quantitative estimate of drug-likeness (QED) is 0.145. The second-order valence-corrected chi connectivity index (χ2v) is 10.8. The summed E-state index contributed by atoms with van der Waals surface area (Å²) >= 11 is 0. The molecule has 0 saturated carbocycles. The normalized spacial score (nSPS) is 11.5. The van der Waals surface area contributed by atoms with Crippen LogP contribution in [0.1, 0.15) is 38.1 Å². The number of pyridine rings is 1. The zero-order valence-electron chi connectivity index (χ0n) is 25.9. The van der Waals surface area contributed by atoms with Crippen LogP contribution in [0.3, 0.4) is 0 Å². The maximum absolute atomic E-state index is 8.23. The van der Waals surface area contributed by atoms with Gasteiger partial charge in [-0.15, -0.1) is 35.7 Å². The third-order valence-electron chi connectivity index (χ3n) is 7.91. The van der Waals surface area contributed by atoms with E-state index >= 15 is 0 Å². The smallest absolute Gasteiger partial charge is 0.509 e. The maximum atomic E-state index is 8.23. The fourth-order valence-corrected chi connectivity index (χ4v) is 5.88. The van der Waals surface area contributed by atoms with Gasteiger partial charge < -0.3 is 9.30 Å². The van der Waals surface area contributed by atoms with E-state index in [0.29, 0.717) is 23.4 Å². The van der Waals surface area contributed by atoms with Gasteiger partial charge in [0.1, 0.15) is 5.82 Å². The number of unbranched alkanes of at least 4 members (excludes halogenated alkanes) is 1. The van der Waals surface area contributed by atoms with Crippen molar-refractivity contribution in [3.05, 3.63) is 132 Å². The van der Waals surface area contributed by atoms with E-state index in [-0.39, 0.29) is 21.1 Å². The van der Waals surface area contributed by atoms with Gasteiger partial charge in [-0.2, -0.15) is 17.2 Å². The Hall–Kier alpha value is -4.47. The van der Waals surface area contributed by atoms with Gasteiger partial charge in [0.25, 0.3) is 0 Å². The second kappa shape index (κ2) is 12.6. The molecule has 0 atom stereocenters. The summed E-state index contributed by atoms with van der Waals surface area (Å²) in [7, 11) is 0. The van der Waals surface area contributed by atoms with Crippen molar-refractivity contribution in [3.8, 4) is 34.1 Å². The zero-order chi connectivity index (χ0) is 30.2. The monoisotopic (exact) mass is 756 g/mol. The van der Waals surface area contributed by atoms with E-state index in [4.69, 9.17) is 11.2 Å². The van der Waals surface area contributed by atoms with E-state index < -0.39 is 0 Å². The number of hydrogen-bond donors (Lipinski definition) is 0. The fourth-order valence-electron chi connectivity index (χ4n) is 5.88. The Morgan fingerprint density at radius 1 is 0.864 bits per heavy atom. The molecule has 0 spiro atoms. The first-order chi connectivity index (χ1) is 21.5. The molecular weight excluding hydrogens is 724 g/mol. The number of hydrogen-bond acceptors (Lipinski definition) is 3. The Labute approximate surface area is 273 Å². The van der Waals surface area contributed by atoms with E-state index in [1.165, 1.54) is 5.56 Å². The summed E-state index contributed by atoms with van der Waals surface area (Å²) in [5, 5.41) is 7.05. The van der Waals surface area contributed by atoms with E-state index in [0.717, 1.165) is 69.3 Å². The molecule has 0 radical (unpaired) electrons. The molecule has 0 bridgehead atoms. The minimum atomic E-state index is 0. The van der Waals surface area contributed by atoms with E-state index in [2.05, 4.69) is 71.9 Å². The van der Waals surface area contributed by atoms with Crippen LogP contribution in [0.2, 0.25) is 0 Å². The van der Waals surface area contributed by atoms with Crippen LogP contribution in [0, 0.1) is 26.0 Å². The van der Waals surface area contributed by atoms with Crippen molar-refractivity contribution in [3.63, 3.8) is 0 Å². The Morgan fingerprint density at radius 3 is 2.52 bits per heavy atom. The Kier molecular flexibility index (Phi) is 8.13. The van der Waals surface area contributed by atoms with E-state index in [1.54, 1.807) is 18.3 Å². The molecule has 5 nitrogen and oxygen atoms in total. The molecule has 0 aliphatic heterocycles. The minimum absolute atomic E-state index is 0. The predicted octanol–water partition coefficient (Wildman–Crippen LogP) is 9.38. The molecule has 3 heterocycles. The first kappa shape index (κ1) is 28.3. The number of ether oxygens (including phenoxy) is 1.